The zero-order chi connectivity index (χ0) is 18.8. The average Bonchev–Trinajstić information content (AvgIpc) is 2.69. The third kappa shape index (κ3) is 3.35. The third-order valence-corrected chi connectivity index (χ3v) is 5.90. The largest absolute Gasteiger partial charge is 0.273 e. The number of amides is 1. The topological polar surface area (TPSA) is 84.6 Å². The monoisotopic (exact) mass is 363 g/mol. The number of benzene rings is 2. The van der Waals surface area contributed by atoms with E-state index >= 15 is 0 Å². The highest BCUT2D eigenvalue weighted by atomic mass is 16.6. The molecule has 0 radical (unpaired) electrons. The zero-order valence-electron chi connectivity index (χ0n) is 14.8. The lowest BCUT2D eigenvalue weighted by atomic mass is 9.48. The SMILES string of the molecule is O=C(N/N=C\c1ccc([N+](=O)[O-])cc1)C1[C@H]2CCC[C@@H]1C2c1ccccc1. The average molecular weight is 363 g/mol. The van der Waals surface area contributed by atoms with Crippen molar-refractivity contribution in [2.75, 3.05) is 0 Å². The minimum Gasteiger partial charge on any atom is -0.273 e. The van der Waals surface area contributed by atoms with E-state index in [0.717, 1.165) is 12.8 Å². The van der Waals surface area contributed by atoms with E-state index in [4.69, 9.17) is 0 Å². The number of nitrogens with zero attached hydrogens (tertiary/aromatic N) is 2. The highest BCUT2D eigenvalue weighted by molar-refractivity contribution is 5.84. The van der Waals surface area contributed by atoms with Crippen molar-refractivity contribution in [1.82, 2.24) is 5.43 Å². The number of fused-ring (bicyclic) bond motifs is 2. The molecule has 2 aliphatic carbocycles. The van der Waals surface area contributed by atoms with Crippen molar-refractivity contribution in [2.45, 2.75) is 25.2 Å². The lowest BCUT2D eigenvalue weighted by Gasteiger charge is -2.55. The molecular weight excluding hydrogens is 342 g/mol. The van der Waals surface area contributed by atoms with Crippen LogP contribution in [0.5, 0.6) is 0 Å². The quantitative estimate of drug-likeness (QED) is 0.497. The molecule has 2 unspecified atom stereocenters. The van der Waals surface area contributed by atoms with Crippen molar-refractivity contribution < 1.29 is 9.72 Å². The lowest BCUT2D eigenvalue weighted by molar-refractivity contribution is -0.384. The van der Waals surface area contributed by atoms with E-state index in [1.165, 1.54) is 30.3 Å². The lowest BCUT2D eigenvalue weighted by Crippen LogP contribution is -2.54. The van der Waals surface area contributed by atoms with Crippen LogP contribution in [-0.2, 0) is 4.79 Å². The van der Waals surface area contributed by atoms with E-state index in [0.29, 0.717) is 23.3 Å². The molecule has 2 aromatic rings. The minimum absolute atomic E-state index is 0.0185. The van der Waals surface area contributed by atoms with Gasteiger partial charge in [-0.25, -0.2) is 5.43 Å². The van der Waals surface area contributed by atoms with E-state index < -0.39 is 4.92 Å². The Kier molecular flexibility index (Phi) is 4.71. The summed E-state index contributed by atoms with van der Waals surface area (Å²) in [5.74, 6) is 1.27. The van der Waals surface area contributed by atoms with Crippen LogP contribution in [0, 0.1) is 27.9 Å². The van der Waals surface area contributed by atoms with Crippen LogP contribution in [-0.4, -0.2) is 17.0 Å². The first-order valence-electron chi connectivity index (χ1n) is 9.27. The Morgan fingerprint density at radius 3 is 2.37 bits per heavy atom. The maximum Gasteiger partial charge on any atom is 0.269 e. The number of hydrogen-bond donors (Lipinski definition) is 1. The normalized spacial score (nSPS) is 26.4. The number of nitro groups is 1. The van der Waals surface area contributed by atoms with E-state index in [1.54, 1.807) is 12.1 Å². The van der Waals surface area contributed by atoms with E-state index in [1.807, 2.05) is 6.07 Å². The van der Waals surface area contributed by atoms with Gasteiger partial charge in [-0.1, -0.05) is 36.8 Å². The maximum absolute atomic E-state index is 12.6. The van der Waals surface area contributed by atoms with Gasteiger partial charge in [0.2, 0.25) is 5.91 Å². The molecule has 2 fully saturated rings. The fraction of sp³-hybridized carbons (Fsp3) is 0.333. The number of nitro benzene ring substituents is 1. The highest BCUT2D eigenvalue weighted by Crippen LogP contribution is 2.59. The Hall–Kier alpha value is -3.02. The highest BCUT2D eigenvalue weighted by Gasteiger charge is 2.55. The molecule has 138 valence electrons. The van der Waals surface area contributed by atoms with Gasteiger partial charge in [0.1, 0.15) is 0 Å². The van der Waals surface area contributed by atoms with Gasteiger partial charge in [0.05, 0.1) is 11.1 Å². The van der Waals surface area contributed by atoms with Crippen molar-refractivity contribution >= 4 is 17.8 Å². The van der Waals surface area contributed by atoms with E-state index in [-0.39, 0.29) is 17.5 Å². The second kappa shape index (κ2) is 7.31. The minimum atomic E-state index is -0.443. The van der Waals surface area contributed by atoms with Gasteiger partial charge in [0, 0.05) is 18.1 Å². The predicted molar refractivity (Wildman–Crippen MR) is 102 cm³/mol. The first-order valence-corrected chi connectivity index (χ1v) is 9.27. The molecule has 6 nitrogen and oxygen atoms in total. The summed E-state index contributed by atoms with van der Waals surface area (Å²) in [6, 6.07) is 16.5. The van der Waals surface area contributed by atoms with Gasteiger partial charge in [0.25, 0.3) is 5.69 Å². The Morgan fingerprint density at radius 1 is 1.07 bits per heavy atom. The predicted octanol–water partition coefficient (Wildman–Crippen LogP) is 3.87. The molecule has 2 saturated carbocycles. The first kappa shape index (κ1) is 17.4. The van der Waals surface area contributed by atoms with Crippen molar-refractivity contribution in [1.29, 1.82) is 0 Å². The number of rotatable bonds is 5. The molecule has 0 aromatic heterocycles. The first-order chi connectivity index (χ1) is 13.1. The fourth-order valence-electron chi connectivity index (χ4n) is 4.73. The summed E-state index contributed by atoms with van der Waals surface area (Å²) in [5.41, 5.74) is 4.74. The third-order valence-electron chi connectivity index (χ3n) is 5.90. The number of hydrogen-bond acceptors (Lipinski definition) is 4. The molecule has 4 rings (SSSR count). The Balaban J connectivity index is 1.38. The van der Waals surface area contributed by atoms with Crippen molar-refractivity contribution in [3.8, 4) is 0 Å². The summed E-state index contributed by atoms with van der Waals surface area (Å²) in [5, 5.41) is 14.7. The van der Waals surface area contributed by atoms with Crippen LogP contribution in [0.1, 0.15) is 36.3 Å². The molecule has 0 heterocycles. The van der Waals surface area contributed by atoms with E-state index in [2.05, 4.69) is 34.8 Å². The molecule has 0 aliphatic heterocycles. The number of hydrazone groups is 1. The van der Waals surface area contributed by atoms with Crippen LogP contribution in [0.4, 0.5) is 5.69 Å². The summed E-state index contributed by atoms with van der Waals surface area (Å²) < 4.78 is 0. The molecule has 2 bridgehead atoms. The van der Waals surface area contributed by atoms with Crippen LogP contribution in [0.3, 0.4) is 0 Å². The molecule has 27 heavy (non-hydrogen) atoms. The molecule has 0 spiro atoms. The smallest absolute Gasteiger partial charge is 0.269 e. The summed E-state index contributed by atoms with van der Waals surface area (Å²) in [4.78, 5) is 22.9. The molecule has 1 amide bonds. The zero-order valence-corrected chi connectivity index (χ0v) is 14.8. The summed E-state index contributed by atoms with van der Waals surface area (Å²) in [6.07, 6.45) is 4.87. The molecular formula is C21H21N3O3. The second-order valence-electron chi connectivity index (χ2n) is 7.30. The van der Waals surface area contributed by atoms with E-state index in [9.17, 15) is 14.9 Å². The summed E-state index contributed by atoms with van der Waals surface area (Å²) in [6.45, 7) is 0. The van der Waals surface area contributed by atoms with Gasteiger partial charge < -0.3 is 0 Å². The van der Waals surface area contributed by atoms with Crippen LogP contribution >= 0.6 is 0 Å². The standard InChI is InChI=1S/C21H21N3O3/c25-21(23-22-13-14-9-11-16(12-10-14)24(26)27)20-17-7-4-8-18(20)19(17)15-5-2-1-3-6-15/h1-3,5-6,9-13,17-20H,4,7-8H2,(H,23,25)/b22-13-/t17-,18+,19?,20?. The van der Waals surface area contributed by atoms with Crippen LogP contribution < -0.4 is 5.43 Å². The van der Waals surface area contributed by atoms with Gasteiger partial charge >= 0.3 is 0 Å². The maximum atomic E-state index is 12.6. The van der Waals surface area contributed by atoms with Crippen LogP contribution in [0.25, 0.3) is 0 Å². The molecule has 6 heteroatoms. The Bertz CT molecular complexity index is 852. The molecule has 1 N–H and O–H groups in total. The van der Waals surface area contributed by atoms with Gasteiger partial charge in [-0.2, -0.15) is 5.10 Å². The summed E-state index contributed by atoms with van der Waals surface area (Å²) in [7, 11) is 0. The van der Waals surface area contributed by atoms with Gasteiger partial charge in [-0.3, -0.25) is 14.9 Å². The second-order valence-corrected chi connectivity index (χ2v) is 7.30. The number of carbonyl (C=O) groups excluding carboxylic acids is 1. The van der Waals surface area contributed by atoms with Gasteiger partial charge in [0.15, 0.2) is 0 Å². The number of nitrogens with one attached hydrogen (secondary N) is 1. The fourth-order valence-corrected chi connectivity index (χ4v) is 4.73. The number of non-ortho nitro benzene ring substituents is 1. The Labute approximate surface area is 157 Å². The van der Waals surface area contributed by atoms with Crippen LogP contribution in [0.2, 0.25) is 0 Å². The molecule has 0 saturated heterocycles. The molecule has 2 aromatic carbocycles. The number of carbonyl (C=O) groups is 1. The Morgan fingerprint density at radius 2 is 1.74 bits per heavy atom. The molecule has 4 atom stereocenters. The van der Waals surface area contributed by atoms with Crippen LogP contribution in [0.15, 0.2) is 59.7 Å². The van der Waals surface area contributed by atoms with Gasteiger partial charge in [-0.05, 0) is 53.9 Å². The van der Waals surface area contributed by atoms with Gasteiger partial charge in [-0.15, -0.1) is 0 Å². The summed E-state index contributed by atoms with van der Waals surface area (Å²) >= 11 is 0. The van der Waals surface area contributed by atoms with Crippen molar-refractivity contribution in [3.05, 3.63) is 75.8 Å². The van der Waals surface area contributed by atoms with Crippen molar-refractivity contribution in [3.63, 3.8) is 0 Å². The molecule has 2 aliphatic rings. The van der Waals surface area contributed by atoms with Crippen molar-refractivity contribution in [2.24, 2.45) is 22.9 Å².